The molecule has 10 rings (SSSR count). The van der Waals surface area contributed by atoms with Gasteiger partial charge in [0.1, 0.15) is 0 Å². The minimum atomic E-state index is 0.315. The van der Waals surface area contributed by atoms with Crippen LogP contribution in [0.15, 0.2) is 30.3 Å². The third-order valence-corrected chi connectivity index (χ3v) is 11.4. The lowest BCUT2D eigenvalue weighted by atomic mass is 9.47. The Bertz CT molecular complexity index is 1050. The molecule has 173 valence electrons. The van der Waals surface area contributed by atoms with Gasteiger partial charge in [-0.15, -0.1) is 0 Å². The number of anilines is 1. The molecule has 1 heteroatoms. The molecule has 0 aliphatic heterocycles. The summed E-state index contributed by atoms with van der Waals surface area (Å²) in [5, 5.41) is 3.08. The van der Waals surface area contributed by atoms with Gasteiger partial charge in [-0.2, -0.15) is 0 Å². The van der Waals surface area contributed by atoms with E-state index in [0.717, 1.165) is 47.3 Å². The number of fused-ring (bicyclic) bond motifs is 1. The molecule has 2 atom stereocenters. The fraction of sp³-hybridized carbons (Fsp3) is 0.656. The summed E-state index contributed by atoms with van der Waals surface area (Å²) in [4.78, 5) is 2.55. The lowest BCUT2D eigenvalue weighted by Gasteiger charge is -2.58. The maximum Gasteiger partial charge on any atom is 0.0441 e. The molecule has 8 fully saturated rings. The number of hydrogen-bond donors (Lipinski definition) is 0. The van der Waals surface area contributed by atoms with E-state index >= 15 is 0 Å². The molecule has 8 saturated carbocycles. The Morgan fingerprint density at radius 2 is 1.39 bits per heavy atom. The van der Waals surface area contributed by atoms with Crippen LogP contribution in [0.2, 0.25) is 0 Å². The molecule has 0 aromatic heterocycles. The number of benzene rings is 2. The van der Waals surface area contributed by atoms with E-state index < -0.39 is 0 Å². The Labute approximate surface area is 200 Å². The average Bonchev–Trinajstić information content (AvgIpc) is 2.76. The van der Waals surface area contributed by atoms with Gasteiger partial charge in [0.25, 0.3) is 0 Å². The molecule has 2 unspecified atom stereocenters. The van der Waals surface area contributed by atoms with E-state index in [1.165, 1.54) is 63.2 Å². The van der Waals surface area contributed by atoms with Crippen LogP contribution < -0.4 is 4.90 Å². The summed E-state index contributed by atoms with van der Waals surface area (Å²) >= 11 is 0. The molecule has 0 spiro atoms. The van der Waals surface area contributed by atoms with Crippen molar-refractivity contribution in [3.63, 3.8) is 0 Å². The van der Waals surface area contributed by atoms with E-state index in [4.69, 9.17) is 0 Å². The molecular weight excluding hydrogens is 398 g/mol. The van der Waals surface area contributed by atoms with Crippen LogP contribution >= 0.6 is 0 Å². The molecule has 8 bridgehead atoms. The summed E-state index contributed by atoms with van der Waals surface area (Å²) in [6.45, 7) is 0. The Hall–Kier alpha value is -1.50. The summed E-state index contributed by atoms with van der Waals surface area (Å²) in [7, 11) is 4.71. The highest BCUT2D eigenvalue weighted by Crippen LogP contribution is 2.65. The quantitative estimate of drug-likeness (QED) is 0.474. The van der Waals surface area contributed by atoms with Crippen molar-refractivity contribution in [1.29, 1.82) is 0 Å². The minimum absolute atomic E-state index is 0.315. The number of nitrogens with zero attached hydrogens (tertiary/aromatic N) is 1. The smallest absolute Gasteiger partial charge is 0.0441 e. The first-order valence-electron chi connectivity index (χ1n) is 14.2. The summed E-state index contributed by atoms with van der Waals surface area (Å²) in [5.41, 5.74) is 5.44. The molecule has 0 heterocycles. The van der Waals surface area contributed by atoms with Gasteiger partial charge < -0.3 is 4.90 Å². The van der Waals surface area contributed by atoms with Crippen molar-refractivity contribution in [3.8, 4) is 0 Å². The molecular formula is C32H40N. The molecule has 8 aliphatic carbocycles. The monoisotopic (exact) mass is 438 g/mol. The van der Waals surface area contributed by atoms with E-state index in [1.807, 2.05) is 0 Å². The van der Waals surface area contributed by atoms with E-state index in [9.17, 15) is 0 Å². The first-order valence-corrected chi connectivity index (χ1v) is 14.2. The van der Waals surface area contributed by atoms with E-state index in [0.29, 0.717) is 5.41 Å². The average molecular weight is 439 g/mol. The first-order chi connectivity index (χ1) is 16.1. The predicted octanol–water partition coefficient (Wildman–Crippen LogP) is 7.73. The van der Waals surface area contributed by atoms with Crippen LogP contribution in [0.1, 0.15) is 81.3 Å². The second kappa shape index (κ2) is 6.79. The van der Waals surface area contributed by atoms with Gasteiger partial charge in [-0.1, -0.05) is 24.3 Å². The molecule has 1 nitrogen and oxygen atoms in total. The van der Waals surface area contributed by atoms with Crippen molar-refractivity contribution < 1.29 is 0 Å². The van der Waals surface area contributed by atoms with Gasteiger partial charge in [0.05, 0.1) is 0 Å². The zero-order valence-corrected chi connectivity index (χ0v) is 20.6. The van der Waals surface area contributed by atoms with Gasteiger partial charge >= 0.3 is 0 Å². The fourth-order valence-electron chi connectivity index (χ4n) is 11.1. The summed E-state index contributed by atoms with van der Waals surface area (Å²) < 4.78 is 0. The Kier molecular flexibility index (Phi) is 4.07. The molecule has 0 N–H and O–H groups in total. The second-order valence-electron chi connectivity index (χ2n) is 13.7. The van der Waals surface area contributed by atoms with E-state index in [1.54, 1.807) is 28.6 Å². The van der Waals surface area contributed by atoms with Gasteiger partial charge in [-0.05, 0) is 146 Å². The van der Waals surface area contributed by atoms with Crippen LogP contribution in [0.4, 0.5) is 5.69 Å². The third kappa shape index (κ3) is 2.77. The topological polar surface area (TPSA) is 3.24 Å². The third-order valence-electron chi connectivity index (χ3n) is 11.4. The van der Waals surface area contributed by atoms with Crippen LogP contribution in [-0.2, 0) is 5.41 Å². The summed E-state index contributed by atoms with van der Waals surface area (Å²) in [5.74, 6) is 7.56. The molecule has 33 heavy (non-hydrogen) atoms. The second-order valence-corrected chi connectivity index (χ2v) is 13.7. The lowest BCUT2D eigenvalue weighted by Crippen LogP contribution is -2.50. The SMILES string of the molecule is CN(C)c1c(C2C3CC4CC(C3)CC2C4)cc2ccccc2c1C12[CH]C3CC(CC(C3)C1)C2. The van der Waals surface area contributed by atoms with Crippen LogP contribution in [0.25, 0.3) is 10.8 Å². The van der Waals surface area contributed by atoms with Gasteiger partial charge in [-0.25, -0.2) is 0 Å². The zero-order valence-electron chi connectivity index (χ0n) is 20.6. The largest absolute Gasteiger partial charge is 0.377 e. The summed E-state index contributed by atoms with van der Waals surface area (Å²) in [6.07, 6.45) is 17.8. The van der Waals surface area contributed by atoms with Crippen molar-refractivity contribution in [2.24, 2.45) is 41.4 Å². The van der Waals surface area contributed by atoms with Crippen molar-refractivity contribution in [3.05, 3.63) is 47.9 Å². The highest BCUT2D eigenvalue weighted by Gasteiger charge is 2.54. The van der Waals surface area contributed by atoms with Crippen LogP contribution in [0.3, 0.4) is 0 Å². The highest BCUT2D eigenvalue weighted by molar-refractivity contribution is 5.94. The maximum atomic E-state index is 2.88. The van der Waals surface area contributed by atoms with E-state index in [-0.39, 0.29) is 0 Å². The molecule has 0 saturated heterocycles. The van der Waals surface area contributed by atoms with Crippen LogP contribution in [0, 0.1) is 47.8 Å². The molecule has 0 amide bonds. The Morgan fingerprint density at radius 1 is 0.758 bits per heavy atom. The van der Waals surface area contributed by atoms with Gasteiger partial charge in [0.2, 0.25) is 0 Å². The van der Waals surface area contributed by atoms with Crippen LogP contribution in [-0.4, -0.2) is 14.1 Å². The van der Waals surface area contributed by atoms with Crippen LogP contribution in [0.5, 0.6) is 0 Å². The van der Waals surface area contributed by atoms with Crippen molar-refractivity contribution in [1.82, 2.24) is 0 Å². The maximum absolute atomic E-state index is 2.88. The Balaban J connectivity index is 1.37. The molecule has 2 aromatic rings. The molecule has 1 radical (unpaired) electrons. The number of hydrogen-bond acceptors (Lipinski definition) is 1. The van der Waals surface area contributed by atoms with E-state index in [2.05, 4.69) is 55.7 Å². The molecule has 2 aromatic carbocycles. The highest BCUT2D eigenvalue weighted by atomic mass is 15.1. The normalized spacial score (nSPS) is 44.7. The van der Waals surface area contributed by atoms with Gasteiger partial charge in [0.15, 0.2) is 0 Å². The summed E-state index contributed by atoms with van der Waals surface area (Å²) in [6, 6.07) is 12.1. The van der Waals surface area contributed by atoms with Crippen molar-refractivity contribution >= 4 is 16.5 Å². The van der Waals surface area contributed by atoms with Gasteiger partial charge in [0, 0.05) is 25.2 Å². The first kappa shape index (κ1) is 19.8. The van der Waals surface area contributed by atoms with Crippen molar-refractivity contribution in [2.75, 3.05) is 19.0 Å². The van der Waals surface area contributed by atoms with Crippen molar-refractivity contribution in [2.45, 2.75) is 75.5 Å². The predicted molar refractivity (Wildman–Crippen MR) is 138 cm³/mol. The Morgan fingerprint density at radius 3 is 2.03 bits per heavy atom. The van der Waals surface area contributed by atoms with Gasteiger partial charge in [-0.3, -0.25) is 0 Å². The minimum Gasteiger partial charge on any atom is -0.377 e. The molecule has 8 aliphatic rings. The fourth-order valence-corrected chi connectivity index (χ4v) is 11.1. The number of rotatable bonds is 3. The lowest BCUT2D eigenvalue weighted by molar-refractivity contribution is -0.00271. The zero-order chi connectivity index (χ0) is 21.9. The standard InChI is InChI=1S/C32H40N/c1-33(2)31-28(29-25-11-19-7-20(13-25)14-26(29)12-19)15-24-5-3-4-6-27(24)30(31)32-16-21-8-22(17-32)10-23(9-21)18-32/h3-6,15-16,19-23,25-26,29H,7-14,17-18H2,1-2H3.